The maximum absolute atomic E-state index is 11.2. The lowest BCUT2D eigenvalue weighted by Crippen LogP contribution is -2.45. The number of Topliss-reactive ketones (excluding diaryl/α,β-unsaturated/α-hetero) is 1. The van der Waals surface area contributed by atoms with Gasteiger partial charge in [-0.1, -0.05) is 6.92 Å². The summed E-state index contributed by atoms with van der Waals surface area (Å²) in [6, 6.07) is 0. The molecule has 0 saturated heterocycles. The van der Waals surface area contributed by atoms with Crippen LogP contribution < -0.4 is 0 Å². The van der Waals surface area contributed by atoms with Gasteiger partial charge in [0.25, 0.3) is 0 Å². The fourth-order valence-corrected chi connectivity index (χ4v) is 0.890. The van der Waals surface area contributed by atoms with Gasteiger partial charge < -0.3 is 30.3 Å². The molecule has 0 aliphatic carbocycles. The number of carbonyl (C=O) groups excluding carboxylic acids is 1. The first kappa shape index (κ1) is 15.4. The van der Waals surface area contributed by atoms with Gasteiger partial charge in [-0.05, 0) is 6.42 Å². The number of hydrogen-bond donors (Lipinski definition) is 5. The molecule has 0 saturated carbocycles. The van der Waals surface area contributed by atoms with Gasteiger partial charge in [0, 0.05) is 0 Å². The van der Waals surface area contributed by atoms with E-state index in [0.29, 0.717) is 0 Å². The fourth-order valence-electron chi connectivity index (χ4n) is 0.890. The monoisotopic (exact) mass is 238 g/mol. The van der Waals surface area contributed by atoms with Crippen molar-refractivity contribution in [1.82, 2.24) is 0 Å². The number of hydrogen-bond acceptors (Lipinski definition) is 7. The molecule has 0 aliphatic rings. The summed E-state index contributed by atoms with van der Waals surface area (Å²) in [6.07, 6.45) is -6.07. The second kappa shape index (κ2) is 7.66. The normalized spacial score (nSPS) is 18.9. The third-order valence-electron chi connectivity index (χ3n) is 2.00. The van der Waals surface area contributed by atoms with Crippen LogP contribution in [0.15, 0.2) is 0 Å². The lowest BCUT2D eigenvalue weighted by molar-refractivity contribution is -0.156. The molecule has 0 bridgehead atoms. The van der Waals surface area contributed by atoms with Crippen molar-refractivity contribution in [3.8, 4) is 0 Å². The molecule has 0 radical (unpaired) electrons. The highest BCUT2D eigenvalue weighted by Crippen LogP contribution is 2.03. The maximum Gasteiger partial charge on any atom is 0.189 e. The van der Waals surface area contributed by atoms with E-state index in [-0.39, 0.29) is 6.42 Å². The van der Waals surface area contributed by atoms with E-state index in [1.807, 2.05) is 0 Å². The lowest BCUT2D eigenvalue weighted by atomic mass is 10.1. The highest BCUT2D eigenvalue weighted by molar-refractivity contribution is 5.84. The largest absolute Gasteiger partial charge is 0.394 e. The zero-order valence-corrected chi connectivity index (χ0v) is 8.98. The Hall–Kier alpha value is -0.570. The highest BCUT2D eigenvalue weighted by Gasteiger charge is 2.29. The van der Waals surface area contributed by atoms with E-state index in [2.05, 4.69) is 4.74 Å². The van der Waals surface area contributed by atoms with Crippen LogP contribution in [0.5, 0.6) is 0 Å². The van der Waals surface area contributed by atoms with E-state index < -0.39 is 43.6 Å². The van der Waals surface area contributed by atoms with Crippen LogP contribution in [0.2, 0.25) is 0 Å². The van der Waals surface area contributed by atoms with Gasteiger partial charge in [0.15, 0.2) is 12.1 Å². The summed E-state index contributed by atoms with van der Waals surface area (Å²) in [7, 11) is 0. The van der Waals surface area contributed by atoms with Crippen LogP contribution in [0.1, 0.15) is 13.3 Å². The first-order valence-electron chi connectivity index (χ1n) is 4.91. The molecule has 1 unspecified atom stereocenters. The smallest absolute Gasteiger partial charge is 0.189 e. The molecule has 0 aromatic rings. The van der Waals surface area contributed by atoms with Gasteiger partial charge in [-0.25, -0.2) is 0 Å². The standard InChI is InChI=1S/C9H18O7/c1-2-7(13)16-4-6(12)9(15)8(14)5(11)3-10/h5,7-11,13-15H,2-4H2,1H3/t5-,7?,8+,9+/m1/s1. The summed E-state index contributed by atoms with van der Waals surface area (Å²) >= 11 is 0. The molecule has 0 aliphatic heterocycles. The SMILES string of the molecule is CCC(O)OCC(=O)[C@H](O)[C@@H](O)[C@H](O)CO. The summed E-state index contributed by atoms with van der Waals surface area (Å²) in [5.41, 5.74) is 0. The van der Waals surface area contributed by atoms with Crippen LogP contribution in [0, 0.1) is 0 Å². The molecule has 0 aromatic heterocycles. The predicted octanol–water partition coefficient (Wildman–Crippen LogP) is -2.62. The first-order chi connectivity index (χ1) is 7.43. The first-order valence-corrected chi connectivity index (χ1v) is 4.91. The summed E-state index contributed by atoms with van der Waals surface area (Å²) in [6.45, 7) is 0.283. The van der Waals surface area contributed by atoms with Crippen molar-refractivity contribution in [2.45, 2.75) is 37.9 Å². The summed E-state index contributed by atoms with van der Waals surface area (Å²) < 4.78 is 4.63. The minimum atomic E-state index is -1.86. The fraction of sp³-hybridized carbons (Fsp3) is 0.889. The van der Waals surface area contributed by atoms with Crippen molar-refractivity contribution >= 4 is 5.78 Å². The van der Waals surface area contributed by atoms with Crippen LogP contribution in [0.3, 0.4) is 0 Å². The molecule has 0 rings (SSSR count). The number of ketones is 1. The minimum Gasteiger partial charge on any atom is -0.394 e. The maximum atomic E-state index is 11.2. The van der Waals surface area contributed by atoms with Crippen molar-refractivity contribution in [2.24, 2.45) is 0 Å². The highest BCUT2D eigenvalue weighted by atomic mass is 16.6. The van der Waals surface area contributed by atoms with Gasteiger partial charge in [0.2, 0.25) is 0 Å². The van der Waals surface area contributed by atoms with Crippen LogP contribution in [-0.4, -0.2) is 69.1 Å². The summed E-state index contributed by atoms with van der Waals surface area (Å²) in [5, 5.41) is 44.9. The molecule has 96 valence electrons. The van der Waals surface area contributed by atoms with Gasteiger partial charge >= 0.3 is 0 Å². The molecule has 7 heteroatoms. The molecule has 16 heavy (non-hydrogen) atoms. The lowest BCUT2D eigenvalue weighted by Gasteiger charge is -2.20. The van der Waals surface area contributed by atoms with Gasteiger partial charge in [0.05, 0.1) is 6.61 Å². The van der Waals surface area contributed by atoms with E-state index in [9.17, 15) is 15.0 Å². The number of aliphatic hydroxyl groups is 5. The minimum absolute atomic E-state index is 0.283. The zero-order valence-electron chi connectivity index (χ0n) is 8.98. The Morgan fingerprint density at radius 3 is 2.25 bits per heavy atom. The quantitative estimate of drug-likeness (QED) is 0.293. The predicted molar refractivity (Wildman–Crippen MR) is 52.4 cm³/mol. The van der Waals surface area contributed by atoms with Crippen LogP contribution in [0.25, 0.3) is 0 Å². The van der Waals surface area contributed by atoms with Crippen molar-refractivity contribution < 1.29 is 35.1 Å². The van der Waals surface area contributed by atoms with E-state index in [1.54, 1.807) is 6.92 Å². The average molecular weight is 238 g/mol. The second-order valence-electron chi connectivity index (χ2n) is 3.33. The van der Waals surface area contributed by atoms with Crippen molar-refractivity contribution in [1.29, 1.82) is 0 Å². The Labute approximate surface area is 92.9 Å². The van der Waals surface area contributed by atoms with Gasteiger partial charge in [0.1, 0.15) is 24.9 Å². The number of ether oxygens (including phenoxy) is 1. The Bertz CT molecular complexity index is 208. The molecule has 0 fully saturated rings. The Balaban J connectivity index is 4.07. The topological polar surface area (TPSA) is 127 Å². The average Bonchev–Trinajstić information content (AvgIpc) is 2.32. The van der Waals surface area contributed by atoms with E-state index >= 15 is 0 Å². The van der Waals surface area contributed by atoms with Crippen molar-refractivity contribution in [3.05, 3.63) is 0 Å². The van der Waals surface area contributed by atoms with E-state index in [1.165, 1.54) is 0 Å². The number of carbonyl (C=O) groups is 1. The summed E-state index contributed by atoms with van der Waals surface area (Å²) in [4.78, 5) is 11.2. The molecular weight excluding hydrogens is 220 g/mol. The van der Waals surface area contributed by atoms with Gasteiger partial charge in [-0.15, -0.1) is 0 Å². The molecule has 0 aromatic carbocycles. The number of aliphatic hydroxyl groups excluding tert-OH is 5. The van der Waals surface area contributed by atoms with Crippen molar-refractivity contribution in [3.63, 3.8) is 0 Å². The third-order valence-corrected chi connectivity index (χ3v) is 2.00. The Kier molecular flexibility index (Phi) is 7.39. The van der Waals surface area contributed by atoms with E-state index in [4.69, 9.17) is 15.3 Å². The molecule has 7 nitrogen and oxygen atoms in total. The molecule has 4 atom stereocenters. The molecular formula is C9H18O7. The van der Waals surface area contributed by atoms with E-state index in [0.717, 1.165) is 0 Å². The number of rotatable bonds is 8. The van der Waals surface area contributed by atoms with Crippen LogP contribution >= 0.6 is 0 Å². The molecule has 0 heterocycles. The third kappa shape index (κ3) is 4.97. The van der Waals surface area contributed by atoms with Crippen LogP contribution in [0.4, 0.5) is 0 Å². The van der Waals surface area contributed by atoms with Gasteiger partial charge in [-0.3, -0.25) is 4.79 Å². The molecule has 5 N–H and O–H groups in total. The summed E-state index contributed by atoms with van der Waals surface area (Å²) in [5.74, 6) is -0.882. The zero-order chi connectivity index (χ0) is 12.7. The Morgan fingerprint density at radius 1 is 1.25 bits per heavy atom. The van der Waals surface area contributed by atoms with Crippen molar-refractivity contribution in [2.75, 3.05) is 13.2 Å². The molecule has 0 amide bonds. The Morgan fingerprint density at radius 2 is 1.81 bits per heavy atom. The molecule has 0 spiro atoms. The van der Waals surface area contributed by atoms with Gasteiger partial charge in [-0.2, -0.15) is 0 Å². The van der Waals surface area contributed by atoms with Crippen LogP contribution in [-0.2, 0) is 9.53 Å². The second-order valence-corrected chi connectivity index (χ2v) is 3.33.